The number of nitrogens with two attached hydrogens (primary N) is 1. The highest BCUT2D eigenvalue weighted by molar-refractivity contribution is 7.89. The van der Waals surface area contributed by atoms with Gasteiger partial charge in [0.25, 0.3) is 0 Å². The number of aliphatic carboxylic acids is 2. The third-order valence-corrected chi connectivity index (χ3v) is 7.68. The summed E-state index contributed by atoms with van der Waals surface area (Å²) in [5.74, 6) is -4.05. The summed E-state index contributed by atoms with van der Waals surface area (Å²) in [6, 6.07) is 6.69. The molecule has 41 heavy (non-hydrogen) atoms. The van der Waals surface area contributed by atoms with Crippen molar-refractivity contribution in [2.45, 2.75) is 84.8 Å². The van der Waals surface area contributed by atoms with Gasteiger partial charge in [0.1, 0.15) is 12.1 Å². The van der Waals surface area contributed by atoms with Crippen molar-refractivity contribution >= 4 is 33.8 Å². The molecule has 0 spiro atoms. The van der Waals surface area contributed by atoms with E-state index in [1.807, 2.05) is 30.3 Å². The standard InChI is InChI=1S/C26H38N2O7.C2H7NO2S/c1-5-35-25(34)19(14-13-17-10-7-6-8-11-17)27-20(16-18(23(30)31)26(2,3)4)22(29)28-15-9-12-21(28)24(32)33;1-2-6(3,4)5/h6-8,10-11,18-21,27H,5,9,12-16H2,1-4H3,(H,30,31)(H,32,33);2H2,1H3,(H2,3,4,5)/t18?,19?,20-,21-;/m0./s1. The zero-order chi connectivity index (χ0) is 31.4. The average molecular weight is 600 g/mol. The predicted octanol–water partition coefficient (Wildman–Crippen LogP) is 2.02. The summed E-state index contributed by atoms with van der Waals surface area (Å²) in [4.78, 5) is 51.5. The third kappa shape index (κ3) is 12.6. The molecular weight excluding hydrogens is 554 g/mol. The fraction of sp³-hybridized carbons (Fsp3) is 0.643. The largest absolute Gasteiger partial charge is 0.481 e. The summed E-state index contributed by atoms with van der Waals surface area (Å²) in [6.45, 7) is 8.96. The van der Waals surface area contributed by atoms with Crippen molar-refractivity contribution in [2.24, 2.45) is 16.5 Å². The van der Waals surface area contributed by atoms with E-state index in [1.54, 1.807) is 27.7 Å². The number of carbonyl (C=O) groups excluding carboxylic acids is 2. The molecule has 0 aromatic heterocycles. The lowest BCUT2D eigenvalue weighted by atomic mass is 9.77. The van der Waals surface area contributed by atoms with Crippen molar-refractivity contribution in [3.8, 4) is 0 Å². The van der Waals surface area contributed by atoms with Gasteiger partial charge in [-0.25, -0.2) is 18.4 Å². The molecule has 1 saturated heterocycles. The highest BCUT2D eigenvalue weighted by atomic mass is 32.2. The van der Waals surface area contributed by atoms with Crippen LogP contribution in [0.5, 0.6) is 0 Å². The highest BCUT2D eigenvalue weighted by Gasteiger charge is 2.42. The summed E-state index contributed by atoms with van der Waals surface area (Å²) in [5, 5.41) is 27.1. The van der Waals surface area contributed by atoms with Crippen LogP contribution in [0.15, 0.2) is 30.3 Å². The Morgan fingerprint density at radius 1 is 1.10 bits per heavy atom. The van der Waals surface area contributed by atoms with Gasteiger partial charge in [-0.3, -0.25) is 19.7 Å². The molecule has 232 valence electrons. The summed E-state index contributed by atoms with van der Waals surface area (Å²) < 4.78 is 24.8. The first kappa shape index (κ1) is 36.0. The minimum Gasteiger partial charge on any atom is -0.481 e. The number of benzene rings is 1. The first-order valence-corrected chi connectivity index (χ1v) is 15.5. The maximum atomic E-state index is 13.6. The van der Waals surface area contributed by atoms with Crippen LogP contribution in [0.25, 0.3) is 0 Å². The highest BCUT2D eigenvalue weighted by Crippen LogP contribution is 2.31. The van der Waals surface area contributed by atoms with E-state index in [4.69, 9.17) is 4.74 Å². The predicted molar refractivity (Wildman–Crippen MR) is 153 cm³/mol. The molecule has 1 aromatic carbocycles. The Labute approximate surface area is 242 Å². The van der Waals surface area contributed by atoms with Crippen LogP contribution in [0.2, 0.25) is 0 Å². The number of hydrogen-bond acceptors (Lipinski definition) is 8. The van der Waals surface area contributed by atoms with Crippen molar-refractivity contribution in [1.82, 2.24) is 10.2 Å². The van der Waals surface area contributed by atoms with E-state index in [0.717, 1.165) is 5.56 Å². The van der Waals surface area contributed by atoms with Gasteiger partial charge in [0.15, 0.2) is 0 Å². The molecule has 1 amide bonds. The van der Waals surface area contributed by atoms with E-state index >= 15 is 0 Å². The zero-order valence-corrected chi connectivity index (χ0v) is 25.4. The fourth-order valence-corrected chi connectivity index (χ4v) is 4.50. The SMILES string of the molecule is CCOC(=O)C(CCc1ccccc1)N[C@@H](CC(C(=O)O)C(C)(C)C)C(=O)N1CCC[C@H]1C(=O)O.CCS(N)(=O)=O. The number of carboxylic acids is 2. The molecule has 4 atom stereocenters. The van der Waals surface area contributed by atoms with Gasteiger partial charge in [0.2, 0.25) is 15.9 Å². The molecule has 0 bridgehead atoms. The van der Waals surface area contributed by atoms with Crippen LogP contribution in [0.4, 0.5) is 0 Å². The number of primary sulfonamides is 1. The van der Waals surface area contributed by atoms with Crippen LogP contribution in [0.3, 0.4) is 0 Å². The molecule has 1 aliphatic rings. The lowest BCUT2D eigenvalue weighted by Gasteiger charge is -2.34. The number of ether oxygens (including phenoxy) is 1. The number of amides is 1. The number of carbonyl (C=O) groups is 4. The third-order valence-electron chi connectivity index (χ3n) is 6.87. The average Bonchev–Trinajstić information content (AvgIpc) is 3.38. The van der Waals surface area contributed by atoms with Crippen LogP contribution < -0.4 is 10.5 Å². The monoisotopic (exact) mass is 599 g/mol. The Bertz CT molecular complexity index is 1120. The van der Waals surface area contributed by atoms with Crippen molar-refractivity contribution < 1.29 is 42.5 Å². The van der Waals surface area contributed by atoms with E-state index in [2.05, 4.69) is 10.5 Å². The van der Waals surface area contributed by atoms with Gasteiger partial charge in [-0.15, -0.1) is 0 Å². The van der Waals surface area contributed by atoms with Gasteiger partial charge in [0, 0.05) is 6.54 Å². The minimum absolute atomic E-state index is 0.0208. The number of rotatable bonds is 13. The number of carboxylic acid groups (broad SMARTS) is 2. The number of nitrogens with one attached hydrogen (secondary N) is 1. The molecule has 0 aliphatic carbocycles. The van der Waals surface area contributed by atoms with Gasteiger partial charge >= 0.3 is 17.9 Å². The Kier molecular flexibility index (Phi) is 14.4. The van der Waals surface area contributed by atoms with Crippen LogP contribution in [0, 0.1) is 11.3 Å². The zero-order valence-electron chi connectivity index (χ0n) is 24.5. The van der Waals surface area contributed by atoms with E-state index in [-0.39, 0.29) is 25.3 Å². The van der Waals surface area contributed by atoms with Crippen molar-refractivity contribution in [3.05, 3.63) is 35.9 Å². The van der Waals surface area contributed by atoms with Crippen LogP contribution in [0.1, 0.15) is 65.9 Å². The molecule has 2 unspecified atom stereocenters. The lowest BCUT2D eigenvalue weighted by molar-refractivity contribution is -0.152. The lowest BCUT2D eigenvalue weighted by Crippen LogP contribution is -2.56. The van der Waals surface area contributed by atoms with E-state index in [0.29, 0.717) is 25.7 Å². The summed E-state index contributed by atoms with van der Waals surface area (Å²) in [5.41, 5.74) is 0.349. The van der Waals surface area contributed by atoms with Crippen LogP contribution in [-0.2, 0) is 40.4 Å². The number of hydrogen-bond donors (Lipinski definition) is 4. The number of esters is 1. The topological polar surface area (TPSA) is 193 Å². The Morgan fingerprint density at radius 2 is 1.68 bits per heavy atom. The summed E-state index contributed by atoms with van der Waals surface area (Å²) >= 11 is 0. The summed E-state index contributed by atoms with van der Waals surface area (Å²) in [6.07, 6.45) is 1.68. The van der Waals surface area contributed by atoms with E-state index < -0.39 is 63.3 Å². The van der Waals surface area contributed by atoms with Gasteiger partial charge in [-0.05, 0) is 56.9 Å². The van der Waals surface area contributed by atoms with Crippen molar-refractivity contribution in [2.75, 3.05) is 18.9 Å². The quantitative estimate of drug-likeness (QED) is 0.244. The Morgan fingerprint density at radius 3 is 2.15 bits per heavy atom. The van der Waals surface area contributed by atoms with E-state index in [9.17, 15) is 37.8 Å². The van der Waals surface area contributed by atoms with Crippen LogP contribution in [-0.4, -0.2) is 84.4 Å². The summed E-state index contributed by atoms with van der Waals surface area (Å²) in [7, 11) is -3.16. The van der Waals surface area contributed by atoms with Gasteiger partial charge in [0.05, 0.1) is 24.3 Å². The smallest absolute Gasteiger partial charge is 0.326 e. The number of likely N-dealkylation sites (tertiary alicyclic amines) is 1. The minimum atomic E-state index is -3.16. The Balaban J connectivity index is 0.00000126. The maximum absolute atomic E-state index is 13.6. The molecule has 5 N–H and O–H groups in total. The first-order valence-electron chi connectivity index (χ1n) is 13.7. The molecule has 2 rings (SSSR count). The number of nitrogens with zero attached hydrogens (tertiary/aromatic N) is 1. The second kappa shape index (κ2) is 16.4. The normalized spacial score (nSPS) is 17.5. The molecular formula is C28H45N3O9S. The molecule has 1 fully saturated rings. The number of aryl methyl sites for hydroxylation is 1. The number of sulfonamides is 1. The van der Waals surface area contributed by atoms with Crippen LogP contribution >= 0.6 is 0 Å². The van der Waals surface area contributed by atoms with Gasteiger partial charge in [-0.1, -0.05) is 51.1 Å². The molecule has 12 nitrogen and oxygen atoms in total. The van der Waals surface area contributed by atoms with E-state index in [1.165, 1.54) is 11.8 Å². The molecule has 1 aromatic rings. The molecule has 0 saturated carbocycles. The maximum Gasteiger partial charge on any atom is 0.326 e. The van der Waals surface area contributed by atoms with Gasteiger partial charge in [-0.2, -0.15) is 0 Å². The second-order valence-corrected chi connectivity index (χ2v) is 12.9. The Hall–Kier alpha value is -3.03. The molecule has 1 aliphatic heterocycles. The van der Waals surface area contributed by atoms with Crippen molar-refractivity contribution in [1.29, 1.82) is 0 Å². The molecule has 1 heterocycles. The molecule has 0 radical (unpaired) electrons. The van der Waals surface area contributed by atoms with Gasteiger partial charge < -0.3 is 19.8 Å². The fourth-order valence-electron chi connectivity index (χ4n) is 4.50. The second-order valence-electron chi connectivity index (χ2n) is 11.0. The first-order chi connectivity index (χ1) is 19.0. The molecule has 13 heteroatoms. The van der Waals surface area contributed by atoms with Crippen molar-refractivity contribution in [3.63, 3.8) is 0 Å².